The summed E-state index contributed by atoms with van der Waals surface area (Å²) in [6.45, 7) is 4.09. The molecule has 0 amide bonds. The SMILES string of the molecule is CN=C(/C(C)=C(\C)NC)c1cnc2cccnc2c1. The summed E-state index contributed by atoms with van der Waals surface area (Å²) in [5.74, 6) is 0. The standard InChI is InChI=1S/C15H18N4/c1-10(11(2)16-3)15(17-4)12-8-14-13(19-9-12)6-5-7-18-14/h5-9,16H,1-4H3/b11-10+,17-15?. The molecule has 0 aliphatic carbocycles. The first-order valence-electron chi connectivity index (χ1n) is 6.21. The molecule has 98 valence electrons. The van der Waals surface area contributed by atoms with Gasteiger partial charge in [-0.05, 0) is 37.6 Å². The molecule has 0 aliphatic rings. The number of nitrogens with zero attached hydrogens (tertiary/aromatic N) is 3. The van der Waals surface area contributed by atoms with Crippen LogP contribution in [0.25, 0.3) is 11.0 Å². The summed E-state index contributed by atoms with van der Waals surface area (Å²) in [5.41, 5.74) is 5.92. The van der Waals surface area contributed by atoms with Gasteiger partial charge in [0.15, 0.2) is 0 Å². The van der Waals surface area contributed by atoms with Crippen molar-refractivity contribution in [2.24, 2.45) is 4.99 Å². The number of rotatable bonds is 3. The maximum absolute atomic E-state index is 4.43. The first-order valence-corrected chi connectivity index (χ1v) is 6.21. The highest BCUT2D eigenvalue weighted by molar-refractivity contribution is 6.13. The molecule has 4 nitrogen and oxygen atoms in total. The second kappa shape index (κ2) is 5.61. The normalized spacial score (nSPS) is 13.4. The summed E-state index contributed by atoms with van der Waals surface area (Å²) in [5, 5.41) is 3.15. The van der Waals surface area contributed by atoms with Gasteiger partial charge in [0, 0.05) is 37.7 Å². The fourth-order valence-electron chi connectivity index (χ4n) is 1.96. The maximum Gasteiger partial charge on any atom is 0.0893 e. The average Bonchev–Trinajstić information content (AvgIpc) is 2.46. The van der Waals surface area contributed by atoms with E-state index in [4.69, 9.17) is 0 Å². The number of pyridine rings is 2. The van der Waals surface area contributed by atoms with Crippen LogP contribution in [0.1, 0.15) is 19.4 Å². The zero-order valence-electron chi connectivity index (χ0n) is 11.7. The fraction of sp³-hybridized carbons (Fsp3) is 0.267. The minimum absolute atomic E-state index is 0.885. The number of hydrogen-bond acceptors (Lipinski definition) is 4. The Morgan fingerprint density at radius 3 is 2.68 bits per heavy atom. The smallest absolute Gasteiger partial charge is 0.0893 e. The predicted molar refractivity (Wildman–Crippen MR) is 79.4 cm³/mol. The molecule has 2 aromatic rings. The van der Waals surface area contributed by atoms with E-state index in [2.05, 4.69) is 27.2 Å². The van der Waals surface area contributed by atoms with Crippen LogP contribution in [0.3, 0.4) is 0 Å². The van der Waals surface area contributed by atoms with Crippen LogP contribution in [0, 0.1) is 0 Å². The van der Waals surface area contributed by atoms with Crippen molar-refractivity contribution < 1.29 is 0 Å². The van der Waals surface area contributed by atoms with Crippen LogP contribution >= 0.6 is 0 Å². The Balaban J connectivity index is 2.54. The number of aromatic nitrogens is 2. The Morgan fingerprint density at radius 1 is 1.21 bits per heavy atom. The highest BCUT2D eigenvalue weighted by atomic mass is 14.8. The molecule has 0 aliphatic heterocycles. The van der Waals surface area contributed by atoms with Gasteiger partial charge in [-0.2, -0.15) is 0 Å². The molecule has 1 N–H and O–H groups in total. The third-order valence-electron chi connectivity index (χ3n) is 3.24. The monoisotopic (exact) mass is 254 g/mol. The van der Waals surface area contributed by atoms with Crippen LogP contribution in [-0.4, -0.2) is 29.8 Å². The van der Waals surface area contributed by atoms with Crippen molar-refractivity contribution in [1.82, 2.24) is 15.3 Å². The number of hydrogen-bond donors (Lipinski definition) is 1. The molecular weight excluding hydrogens is 236 g/mol. The number of allylic oxidation sites excluding steroid dienone is 2. The molecule has 2 rings (SSSR count). The molecule has 19 heavy (non-hydrogen) atoms. The molecule has 2 aromatic heterocycles. The summed E-state index contributed by atoms with van der Waals surface area (Å²) >= 11 is 0. The Bertz CT molecular complexity index is 656. The number of fused-ring (bicyclic) bond motifs is 1. The lowest BCUT2D eigenvalue weighted by Crippen LogP contribution is -2.12. The van der Waals surface area contributed by atoms with Gasteiger partial charge in [0.1, 0.15) is 0 Å². The van der Waals surface area contributed by atoms with Crippen LogP contribution < -0.4 is 5.32 Å². The van der Waals surface area contributed by atoms with Crippen molar-refractivity contribution in [1.29, 1.82) is 0 Å². The minimum Gasteiger partial charge on any atom is -0.391 e. The maximum atomic E-state index is 4.43. The van der Waals surface area contributed by atoms with Gasteiger partial charge in [0.2, 0.25) is 0 Å². The second-order valence-corrected chi connectivity index (χ2v) is 4.34. The minimum atomic E-state index is 0.885. The zero-order valence-corrected chi connectivity index (χ0v) is 11.7. The van der Waals surface area contributed by atoms with E-state index >= 15 is 0 Å². The first kappa shape index (κ1) is 13.2. The summed E-state index contributed by atoms with van der Waals surface area (Å²) in [6.07, 6.45) is 3.62. The highest BCUT2D eigenvalue weighted by Crippen LogP contribution is 2.15. The van der Waals surface area contributed by atoms with E-state index in [9.17, 15) is 0 Å². The molecule has 4 heteroatoms. The van der Waals surface area contributed by atoms with Gasteiger partial charge >= 0.3 is 0 Å². The van der Waals surface area contributed by atoms with Crippen LogP contribution in [0.4, 0.5) is 0 Å². The Kier molecular flexibility index (Phi) is 3.90. The second-order valence-electron chi connectivity index (χ2n) is 4.34. The molecule has 0 spiro atoms. The van der Waals surface area contributed by atoms with E-state index in [1.165, 1.54) is 0 Å². The van der Waals surface area contributed by atoms with E-state index in [0.29, 0.717) is 0 Å². The molecule has 0 radical (unpaired) electrons. The molecule has 0 bridgehead atoms. The van der Waals surface area contributed by atoms with Crippen LogP contribution in [0.2, 0.25) is 0 Å². The molecular formula is C15H18N4. The Morgan fingerprint density at radius 2 is 2.00 bits per heavy atom. The summed E-state index contributed by atoms with van der Waals surface area (Å²) in [7, 11) is 3.71. The number of aliphatic imine (C=N–C) groups is 1. The van der Waals surface area contributed by atoms with Gasteiger partial charge in [-0.3, -0.25) is 15.0 Å². The van der Waals surface area contributed by atoms with E-state index in [1.807, 2.05) is 38.4 Å². The Hall–Kier alpha value is -2.23. The third-order valence-corrected chi connectivity index (χ3v) is 3.24. The van der Waals surface area contributed by atoms with Crippen molar-refractivity contribution in [3.8, 4) is 0 Å². The van der Waals surface area contributed by atoms with Crippen LogP contribution in [-0.2, 0) is 0 Å². The molecule has 0 fully saturated rings. The summed E-state index contributed by atoms with van der Waals surface area (Å²) in [4.78, 5) is 13.2. The van der Waals surface area contributed by atoms with E-state index < -0.39 is 0 Å². The quantitative estimate of drug-likeness (QED) is 0.856. The van der Waals surface area contributed by atoms with Crippen molar-refractivity contribution in [3.63, 3.8) is 0 Å². The largest absolute Gasteiger partial charge is 0.391 e. The van der Waals surface area contributed by atoms with Gasteiger partial charge in [-0.25, -0.2) is 0 Å². The molecule has 2 heterocycles. The average molecular weight is 254 g/mol. The molecule has 0 saturated carbocycles. The molecule has 0 saturated heterocycles. The molecule has 0 aromatic carbocycles. The van der Waals surface area contributed by atoms with Crippen molar-refractivity contribution in [2.75, 3.05) is 14.1 Å². The predicted octanol–water partition coefficient (Wildman–Crippen LogP) is 2.56. The van der Waals surface area contributed by atoms with Gasteiger partial charge in [-0.15, -0.1) is 0 Å². The van der Waals surface area contributed by atoms with Gasteiger partial charge in [0.05, 0.1) is 16.7 Å². The lowest BCUT2D eigenvalue weighted by molar-refractivity contribution is 0.973. The van der Waals surface area contributed by atoms with Crippen LogP contribution in [0.15, 0.2) is 46.9 Å². The van der Waals surface area contributed by atoms with Crippen molar-refractivity contribution in [3.05, 3.63) is 47.4 Å². The van der Waals surface area contributed by atoms with Gasteiger partial charge in [0.25, 0.3) is 0 Å². The topological polar surface area (TPSA) is 50.2 Å². The number of nitrogens with one attached hydrogen (secondary N) is 1. The van der Waals surface area contributed by atoms with Crippen molar-refractivity contribution in [2.45, 2.75) is 13.8 Å². The van der Waals surface area contributed by atoms with Gasteiger partial charge in [-0.1, -0.05) is 0 Å². The fourth-order valence-corrected chi connectivity index (χ4v) is 1.96. The first-order chi connectivity index (χ1) is 9.17. The zero-order chi connectivity index (χ0) is 13.8. The van der Waals surface area contributed by atoms with Crippen LogP contribution in [0.5, 0.6) is 0 Å². The van der Waals surface area contributed by atoms with Gasteiger partial charge < -0.3 is 5.32 Å². The van der Waals surface area contributed by atoms with E-state index in [1.54, 1.807) is 13.2 Å². The van der Waals surface area contributed by atoms with E-state index in [0.717, 1.165) is 33.6 Å². The molecule has 0 unspecified atom stereocenters. The Labute approximate surface area is 113 Å². The lowest BCUT2D eigenvalue weighted by atomic mass is 10.0. The van der Waals surface area contributed by atoms with E-state index in [-0.39, 0.29) is 0 Å². The summed E-state index contributed by atoms with van der Waals surface area (Å²) < 4.78 is 0. The lowest BCUT2D eigenvalue weighted by Gasteiger charge is -2.11. The van der Waals surface area contributed by atoms with Crippen molar-refractivity contribution >= 4 is 16.7 Å². The summed E-state index contributed by atoms with van der Waals surface area (Å²) in [6, 6.07) is 5.87. The third kappa shape index (κ3) is 2.62. The molecule has 0 atom stereocenters. The highest BCUT2D eigenvalue weighted by Gasteiger charge is 2.09.